The fourth-order valence-corrected chi connectivity index (χ4v) is 0.889. The number of hydrogen-bond acceptors (Lipinski definition) is 4. The molecule has 0 unspecified atom stereocenters. The first kappa shape index (κ1) is 14.8. The number of benzene rings is 1. The van der Waals surface area contributed by atoms with Crippen LogP contribution in [0, 0.1) is 0 Å². The summed E-state index contributed by atoms with van der Waals surface area (Å²) in [5.41, 5.74) is 1.24. The van der Waals surface area contributed by atoms with Crippen LogP contribution in [-0.4, -0.2) is 31.9 Å². The number of methoxy groups -OCH3 is 2. The highest BCUT2D eigenvalue weighted by Crippen LogP contribution is 2.04. The van der Waals surface area contributed by atoms with Crippen LogP contribution in [0.2, 0.25) is 0 Å². The zero-order valence-corrected chi connectivity index (χ0v) is 9.84. The van der Waals surface area contributed by atoms with Crippen molar-refractivity contribution < 1.29 is 19.4 Å². The smallest absolute Gasteiger partial charge is 0.154 e. The second kappa shape index (κ2) is 9.03. The molecule has 0 heterocycles. The number of aliphatic hydroxyl groups excluding tert-OH is 1. The minimum absolute atomic E-state index is 0.0648. The molecule has 1 N–H and O–H groups in total. The SMILES string of the molecule is COC(C)OC.O=Cc1ccccc1CO. The molecular weight excluding hydrogens is 208 g/mol. The summed E-state index contributed by atoms with van der Waals surface area (Å²) in [6, 6.07) is 6.96. The molecule has 0 aliphatic rings. The lowest BCUT2D eigenvalue weighted by Crippen LogP contribution is -2.05. The van der Waals surface area contributed by atoms with Crippen LogP contribution < -0.4 is 0 Å². The van der Waals surface area contributed by atoms with Crippen LogP contribution in [0.15, 0.2) is 24.3 Å². The van der Waals surface area contributed by atoms with Gasteiger partial charge in [0.15, 0.2) is 6.29 Å². The van der Waals surface area contributed by atoms with Crippen molar-refractivity contribution >= 4 is 6.29 Å². The Kier molecular flexibility index (Phi) is 8.34. The highest BCUT2D eigenvalue weighted by Gasteiger charge is 1.95. The number of carbonyl (C=O) groups excluding carboxylic acids is 1. The van der Waals surface area contributed by atoms with Gasteiger partial charge in [-0.3, -0.25) is 4.79 Å². The molecule has 90 valence electrons. The van der Waals surface area contributed by atoms with Crippen molar-refractivity contribution in [1.29, 1.82) is 0 Å². The Morgan fingerprint density at radius 2 is 1.88 bits per heavy atom. The topological polar surface area (TPSA) is 55.8 Å². The minimum atomic E-state index is -0.0745. The van der Waals surface area contributed by atoms with Crippen LogP contribution in [0.5, 0.6) is 0 Å². The average Bonchev–Trinajstić information content (AvgIpc) is 2.38. The number of aldehydes is 1. The molecule has 0 amide bonds. The van der Waals surface area contributed by atoms with Gasteiger partial charge in [-0.15, -0.1) is 0 Å². The predicted molar refractivity (Wildman–Crippen MR) is 61.2 cm³/mol. The van der Waals surface area contributed by atoms with Crippen molar-refractivity contribution in [2.75, 3.05) is 14.2 Å². The third-order valence-electron chi connectivity index (χ3n) is 2.02. The summed E-state index contributed by atoms with van der Waals surface area (Å²) >= 11 is 0. The molecular formula is C12H18O4. The van der Waals surface area contributed by atoms with E-state index in [1.54, 1.807) is 38.5 Å². The predicted octanol–water partition coefficient (Wildman–Crippen LogP) is 1.62. The Labute approximate surface area is 95.8 Å². The molecule has 0 bridgehead atoms. The lowest BCUT2D eigenvalue weighted by atomic mass is 10.1. The van der Waals surface area contributed by atoms with E-state index in [1.165, 1.54) is 0 Å². The fraction of sp³-hybridized carbons (Fsp3) is 0.417. The quantitative estimate of drug-likeness (QED) is 0.626. The number of rotatable bonds is 4. The van der Waals surface area contributed by atoms with Crippen LogP contribution in [0.3, 0.4) is 0 Å². The van der Waals surface area contributed by atoms with Gasteiger partial charge in [0.05, 0.1) is 6.61 Å². The zero-order valence-electron chi connectivity index (χ0n) is 9.84. The van der Waals surface area contributed by atoms with Gasteiger partial charge in [0.2, 0.25) is 0 Å². The molecule has 0 saturated heterocycles. The summed E-state index contributed by atoms with van der Waals surface area (Å²) < 4.78 is 9.35. The summed E-state index contributed by atoms with van der Waals surface area (Å²) in [5, 5.41) is 8.69. The monoisotopic (exact) mass is 226 g/mol. The van der Waals surface area contributed by atoms with Crippen LogP contribution in [-0.2, 0) is 16.1 Å². The molecule has 1 aromatic carbocycles. The molecule has 0 spiro atoms. The van der Waals surface area contributed by atoms with Crippen molar-refractivity contribution in [3.8, 4) is 0 Å². The second-order valence-electron chi connectivity index (χ2n) is 3.01. The van der Waals surface area contributed by atoms with Crippen molar-refractivity contribution in [2.24, 2.45) is 0 Å². The first-order valence-electron chi connectivity index (χ1n) is 4.89. The Hall–Kier alpha value is -1.23. The zero-order chi connectivity index (χ0) is 12.4. The standard InChI is InChI=1S/C8H8O2.C4H10O2/c9-5-7-3-1-2-4-8(7)6-10;1-4(5-2)6-3/h1-5,10H,6H2;4H,1-3H3. The van der Waals surface area contributed by atoms with Gasteiger partial charge in [-0.05, 0) is 12.5 Å². The molecule has 0 atom stereocenters. The van der Waals surface area contributed by atoms with E-state index in [0.717, 1.165) is 6.29 Å². The van der Waals surface area contributed by atoms with Gasteiger partial charge in [0.25, 0.3) is 0 Å². The first-order valence-corrected chi connectivity index (χ1v) is 4.89. The van der Waals surface area contributed by atoms with Crippen LogP contribution >= 0.6 is 0 Å². The maximum absolute atomic E-state index is 10.3. The minimum Gasteiger partial charge on any atom is -0.392 e. The van der Waals surface area contributed by atoms with E-state index in [-0.39, 0.29) is 12.9 Å². The number of carbonyl (C=O) groups is 1. The molecule has 0 aliphatic heterocycles. The molecule has 0 aliphatic carbocycles. The maximum atomic E-state index is 10.3. The van der Waals surface area contributed by atoms with E-state index < -0.39 is 0 Å². The molecule has 0 fully saturated rings. The van der Waals surface area contributed by atoms with Crippen molar-refractivity contribution in [2.45, 2.75) is 19.8 Å². The maximum Gasteiger partial charge on any atom is 0.154 e. The van der Waals surface area contributed by atoms with E-state index in [0.29, 0.717) is 11.1 Å². The van der Waals surface area contributed by atoms with E-state index in [4.69, 9.17) is 5.11 Å². The van der Waals surface area contributed by atoms with Crippen LogP contribution in [0.4, 0.5) is 0 Å². The normalized spacial score (nSPS) is 9.56. The summed E-state index contributed by atoms with van der Waals surface area (Å²) in [6.07, 6.45) is 0.677. The van der Waals surface area contributed by atoms with E-state index in [9.17, 15) is 4.79 Å². The lowest BCUT2D eigenvalue weighted by molar-refractivity contribution is -0.0877. The molecule has 1 rings (SSSR count). The first-order chi connectivity index (χ1) is 7.69. The van der Waals surface area contributed by atoms with Gasteiger partial charge in [0, 0.05) is 19.8 Å². The van der Waals surface area contributed by atoms with E-state index in [2.05, 4.69) is 9.47 Å². The van der Waals surface area contributed by atoms with Crippen molar-refractivity contribution in [3.63, 3.8) is 0 Å². The van der Waals surface area contributed by atoms with Gasteiger partial charge < -0.3 is 14.6 Å². The summed E-state index contributed by atoms with van der Waals surface area (Å²) in [7, 11) is 3.21. The molecule has 0 saturated carbocycles. The van der Waals surface area contributed by atoms with E-state index >= 15 is 0 Å². The van der Waals surface area contributed by atoms with Crippen molar-refractivity contribution in [1.82, 2.24) is 0 Å². The highest BCUT2D eigenvalue weighted by molar-refractivity contribution is 5.76. The third-order valence-corrected chi connectivity index (χ3v) is 2.02. The fourth-order valence-electron chi connectivity index (χ4n) is 0.889. The molecule has 4 nitrogen and oxygen atoms in total. The van der Waals surface area contributed by atoms with Crippen LogP contribution in [0.1, 0.15) is 22.8 Å². The number of aliphatic hydroxyl groups is 1. The molecule has 4 heteroatoms. The highest BCUT2D eigenvalue weighted by atomic mass is 16.7. The number of hydrogen-bond donors (Lipinski definition) is 1. The average molecular weight is 226 g/mol. The Morgan fingerprint density at radius 1 is 1.31 bits per heavy atom. The molecule has 0 aromatic heterocycles. The molecule has 16 heavy (non-hydrogen) atoms. The van der Waals surface area contributed by atoms with Gasteiger partial charge >= 0.3 is 0 Å². The number of ether oxygens (including phenoxy) is 2. The Balaban J connectivity index is 0.000000325. The van der Waals surface area contributed by atoms with Crippen LogP contribution in [0.25, 0.3) is 0 Å². The molecule has 0 radical (unpaired) electrons. The second-order valence-corrected chi connectivity index (χ2v) is 3.01. The van der Waals surface area contributed by atoms with Gasteiger partial charge in [-0.1, -0.05) is 24.3 Å². The summed E-state index contributed by atoms with van der Waals surface area (Å²) in [4.78, 5) is 10.3. The van der Waals surface area contributed by atoms with Crippen molar-refractivity contribution in [3.05, 3.63) is 35.4 Å². The van der Waals surface area contributed by atoms with E-state index in [1.807, 2.05) is 6.92 Å². The lowest BCUT2D eigenvalue weighted by Gasteiger charge is -2.03. The largest absolute Gasteiger partial charge is 0.392 e. The van der Waals surface area contributed by atoms with Gasteiger partial charge in [-0.25, -0.2) is 0 Å². The van der Waals surface area contributed by atoms with Gasteiger partial charge in [-0.2, -0.15) is 0 Å². The Morgan fingerprint density at radius 3 is 2.19 bits per heavy atom. The third kappa shape index (κ3) is 5.60. The molecule has 1 aromatic rings. The summed E-state index contributed by atoms with van der Waals surface area (Å²) in [6.45, 7) is 1.76. The Bertz CT molecular complexity index is 295. The summed E-state index contributed by atoms with van der Waals surface area (Å²) in [5.74, 6) is 0. The van der Waals surface area contributed by atoms with Gasteiger partial charge in [0.1, 0.15) is 6.29 Å².